The number of ether oxygens (including phenoxy) is 2. The zero-order valence-corrected chi connectivity index (χ0v) is 15.6. The molecule has 0 unspecified atom stereocenters. The van der Waals surface area contributed by atoms with Crippen molar-refractivity contribution in [3.05, 3.63) is 29.8 Å². The summed E-state index contributed by atoms with van der Waals surface area (Å²) in [4.78, 5) is 27.1. The fourth-order valence-electron chi connectivity index (χ4n) is 3.94. The van der Waals surface area contributed by atoms with Crippen molar-refractivity contribution in [3.8, 4) is 5.75 Å². The molecule has 1 N–H and O–H groups in total. The molecule has 1 aromatic carbocycles. The van der Waals surface area contributed by atoms with Gasteiger partial charge in [-0.3, -0.25) is 9.59 Å². The molecule has 2 aliphatic heterocycles. The van der Waals surface area contributed by atoms with E-state index in [1.807, 2.05) is 31.2 Å². The third kappa shape index (κ3) is 4.01. The minimum atomic E-state index is -0.351. The molecule has 1 aromatic rings. The van der Waals surface area contributed by atoms with E-state index in [0.29, 0.717) is 19.0 Å². The first-order valence-electron chi connectivity index (χ1n) is 9.43. The second-order valence-corrected chi connectivity index (χ2v) is 7.01. The first-order chi connectivity index (χ1) is 12.6. The number of methoxy groups -OCH3 is 1. The smallest absolute Gasteiger partial charge is 0.226 e. The van der Waals surface area contributed by atoms with Crippen LogP contribution in [-0.4, -0.2) is 50.1 Å². The normalized spacial score (nSPS) is 23.9. The minimum absolute atomic E-state index is 0.0263. The highest BCUT2D eigenvalue weighted by molar-refractivity contribution is 5.90. The van der Waals surface area contributed by atoms with Crippen molar-refractivity contribution in [1.29, 1.82) is 0 Å². The predicted molar refractivity (Wildman–Crippen MR) is 97.8 cm³/mol. The van der Waals surface area contributed by atoms with Crippen molar-refractivity contribution in [2.45, 2.75) is 32.2 Å². The predicted octanol–water partition coefficient (Wildman–Crippen LogP) is 2.15. The molecule has 2 atom stereocenters. The lowest BCUT2D eigenvalue weighted by Gasteiger charge is -2.28. The topological polar surface area (TPSA) is 67.9 Å². The van der Waals surface area contributed by atoms with Crippen molar-refractivity contribution in [2.75, 3.05) is 33.4 Å². The molecule has 0 radical (unpaired) electrons. The summed E-state index contributed by atoms with van der Waals surface area (Å²) in [5.41, 5.74) is 0.977. The largest absolute Gasteiger partial charge is 0.497 e. The van der Waals surface area contributed by atoms with Crippen LogP contribution in [0.1, 0.15) is 37.8 Å². The van der Waals surface area contributed by atoms with E-state index in [1.165, 1.54) is 0 Å². The first-order valence-corrected chi connectivity index (χ1v) is 9.43. The van der Waals surface area contributed by atoms with Gasteiger partial charge in [0.15, 0.2) is 0 Å². The van der Waals surface area contributed by atoms with Crippen LogP contribution in [0.2, 0.25) is 0 Å². The molecule has 6 heteroatoms. The second-order valence-electron chi connectivity index (χ2n) is 7.01. The van der Waals surface area contributed by atoms with E-state index in [-0.39, 0.29) is 30.2 Å². The Balaban J connectivity index is 1.72. The molecule has 0 aliphatic carbocycles. The standard InChI is InChI=1S/C20H28N2O4/c1-3-22-18(23)12-17(19(22)15-4-6-16(25-2)7-5-15)20(24)21-13-14-8-10-26-11-9-14/h4-7,14,17,19H,3,8-13H2,1-2H3,(H,21,24)/t17-,19+/m1/s1. The van der Waals surface area contributed by atoms with Crippen LogP contribution in [0.3, 0.4) is 0 Å². The maximum absolute atomic E-state index is 12.9. The fourth-order valence-corrected chi connectivity index (χ4v) is 3.94. The molecule has 0 spiro atoms. The number of hydrogen-bond acceptors (Lipinski definition) is 4. The maximum Gasteiger partial charge on any atom is 0.226 e. The van der Waals surface area contributed by atoms with Crippen molar-refractivity contribution < 1.29 is 19.1 Å². The fraction of sp³-hybridized carbons (Fsp3) is 0.600. The molecule has 2 heterocycles. The molecule has 0 saturated carbocycles. The summed E-state index contributed by atoms with van der Waals surface area (Å²) in [6.45, 7) is 4.74. The van der Waals surface area contributed by atoms with E-state index in [4.69, 9.17) is 9.47 Å². The first kappa shape index (κ1) is 18.7. The molecule has 6 nitrogen and oxygen atoms in total. The summed E-state index contributed by atoms with van der Waals surface area (Å²) in [7, 11) is 1.62. The van der Waals surface area contributed by atoms with Gasteiger partial charge in [-0.25, -0.2) is 0 Å². The molecule has 2 fully saturated rings. The van der Waals surface area contributed by atoms with Crippen LogP contribution in [0, 0.1) is 11.8 Å². The Kier molecular flexibility index (Phi) is 6.14. The Morgan fingerprint density at radius 1 is 1.27 bits per heavy atom. The second kappa shape index (κ2) is 8.54. The van der Waals surface area contributed by atoms with Crippen LogP contribution in [0.5, 0.6) is 5.75 Å². The van der Waals surface area contributed by atoms with Gasteiger partial charge in [0.1, 0.15) is 5.75 Å². The number of carbonyl (C=O) groups excluding carboxylic acids is 2. The van der Waals surface area contributed by atoms with Gasteiger partial charge in [0.25, 0.3) is 0 Å². The van der Waals surface area contributed by atoms with E-state index in [9.17, 15) is 9.59 Å². The van der Waals surface area contributed by atoms with E-state index in [0.717, 1.165) is 37.4 Å². The van der Waals surface area contributed by atoms with Gasteiger partial charge in [0.05, 0.1) is 19.1 Å². The Morgan fingerprint density at radius 2 is 1.96 bits per heavy atom. The summed E-state index contributed by atoms with van der Waals surface area (Å²) in [5, 5.41) is 3.08. The van der Waals surface area contributed by atoms with Gasteiger partial charge >= 0.3 is 0 Å². The molecule has 2 saturated heterocycles. The van der Waals surface area contributed by atoms with Crippen molar-refractivity contribution >= 4 is 11.8 Å². The van der Waals surface area contributed by atoms with E-state index < -0.39 is 0 Å². The number of likely N-dealkylation sites (tertiary alicyclic amines) is 1. The number of amides is 2. The van der Waals surface area contributed by atoms with Gasteiger partial charge in [-0.1, -0.05) is 12.1 Å². The average molecular weight is 360 g/mol. The van der Waals surface area contributed by atoms with Gasteiger partial charge in [0, 0.05) is 32.7 Å². The molecule has 2 amide bonds. The van der Waals surface area contributed by atoms with Gasteiger partial charge < -0.3 is 19.7 Å². The number of nitrogens with one attached hydrogen (secondary N) is 1. The van der Waals surface area contributed by atoms with Gasteiger partial charge in [-0.2, -0.15) is 0 Å². The summed E-state index contributed by atoms with van der Waals surface area (Å²) in [6.07, 6.45) is 2.23. The highest BCUT2D eigenvalue weighted by atomic mass is 16.5. The lowest BCUT2D eigenvalue weighted by molar-refractivity contribution is -0.129. The number of benzene rings is 1. The SMILES string of the molecule is CCN1C(=O)C[C@@H](C(=O)NCC2CCOCC2)[C@@H]1c1ccc(OC)cc1. The molecular formula is C20H28N2O4. The van der Waals surface area contributed by atoms with Gasteiger partial charge in [-0.15, -0.1) is 0 Å². The number of rotatable bonds is 6. The van der Waals surface area contributed by atoms with Crippen LogP contribution in [0.4, 0.5) is 0 Å². The zero-order valence-electron chi connectivity index (χ0n) is 15.6. The molecule has 3 rings (SSSR count). The lowest BCUT2D eigenvalue weighted by atomic mass is 9.92. The number of hydrogen-bond donors (Lipinski definition) is 1. The Bertz CT molecular complexity index is 625. The van der Waals surface area contributed by atoms with E-state index >= 15 is 0 Å². The van der Waals surface area contributed by atoms with Crippen molar-refractivity contribution in [3.63, 3.8) is 0 Å². The third-order valence-electron chi connectivity index (χ3n) is 5.47. The maximum atomic E-state index is 12.9. The molecule has 0 aromatic heterocycles. The highest BCUT2D eigenvalue weighted by Gasteiger charge is 2.43. The quantitative estimate of drug-likeness (QED) is 0.844. The minimum Gasteiger partial charge on any atom is -0.497 e. The summed E-state index contributed by atoms with van der Waals surface area (Å²) in [6, 6.07) is 7.44. The molecule has 26 heavy (non-hydrogen) atoms. The van der Waals surface area contributed by atoms with Crippen LogP contribution < -0.4 is 10.1 Å². The van der Waals surface area contributed by atoms with Crippen molar-refractivity contribution in [2.24, 2.45) is 11.8 Å². The van der Waals surface area contributed by atoms with Crippen LogP contribution >= 0.6 is 0 Å². The molecule has 2 aliphatic rings. The van der Waals surface area contributed by atoms with Crippen LogP contribution in [0.15, 0.2) is 24.3 Å². The zero-order chi connectivity index (χ0) is 18.5. The Hall–Kier alpha value is -2.08. The van der Waals surface area contributed by atoms with Gasteiger partial charge in [-0.05, 0) is 43.4 Å². The molecule has 0 bridgehead atoms. The number of carbonyl (C=O) groups is 2. The lowest BCUT2D eigenvalue weighted by Crippen LogP contribution is -2.38. The van der Waals surface area contributed by atoms with Gasteiger partial charge in [0.2, 0.25) is 11.8 Å². The van der Waals surface area contributed by atoms with E-state index in [2.05, 4.69) is 5.32 Å². The summed E-state index contributed by atoms with van der Waals surface area (Å²) in [5.74, 6) is 0.894. The Morgan fingerprint density at radius 3 is 2.58 bits per heavy atom. The van der Waals surface area contributed by atoms with E-state index in [1.54, 1.807) is 12.0 Å². The van der Waals surface area contributed by atoms with Crippen LogP contribution in [0.25, 0.3) is 0 Å². The third-order valence-corrected chi connectivity index (χ3v) is 5.47. The summed E-state index contributed by atoms with van der Waals surface area (Å²) >= 11 is 0. The number of nitrogens with zero attached hydrogens (tertiary/aromatic N) is 1. The molecular weight excluding hydrogens is 332 g/mol. The van der Waals surface area contributed by atoms with Crippen molar-refractivity contribution in [1.82, 2.24) is 10.2 Å². The monoisotopic (exact) mass is 360 g/mol. The average Bonchev–Trinajstić information content (AvgIpc) is 3.03. The highest BCUT2D eigenvalue weighted by Crippen LogP contribution is 2.38. The molecule has 142 valence electrons. The van der Waals surface area contributed by atoms with Crippen LogP contribution in [-0.2, 0) is 14.3 Å². The summed E-state index contributed by atoms with van der Waals surface area (Å²) < 4.78 is 10.6. The Labute approximate surface area is 154 Å².